The number of nitrogens with zero attached hydrogens (tertiary/aromatic N) is 6. The van der Waals surface area contributed by atoms with Gasteiger partial charge in [0.2, 0.25) is 11.9 Å². The zero-order chi connectivity index (χ0) is 22.4. The molecule has 0 unspecified atom stereocenters. The molecule has 0 radical (unpaired) electrons. The Labute approximate surface area is 188 Å². The summed E-state index contributed by atoms with van der Waals surface area (Å²) in [6.07, 6.45) is 0.0530. The van der Waals surface area contributed by atoms with Gasteiger partial charge < -0.3 is 28.7 Å². The molecule has 2 aromatic heterocycles. The van der Waals surface area contributed by atoms with Crippen LogP contribution in [0, 0.1) is 0 Å². The SMILES string of the molecule is FC(F)c1ccncc1-c1nc(N2C3COCC2COC3)nc(N2C3COCC2COC3)n1. The second-order valence-corrected chi connectivity index (χ2v) is 8.60. The van der Waals surface area contributed by atoms with Crippen LogP contribution in [0.5, 0.6) is 0 Å². The maximum absolute atomic E-state index is 13.8. The van der Waals surface area contributed by atoms with Crippen LogP contribution in [0.1, 0.15) is 12.0 Å². The van der Waals surface area contributed by atoms with Crippen LogP contribution >= 0.6 is 0 Å². The Morgan fingerprint density at radius 2 is 1.18 bits per heavy atom. The zero-order valence-electron chi connectivity index (χ0n) is 17.8. The van der Waals surface area contributed by atoms with E-state index in [1.54, 1.807) is 0 Å². The highest BCUT2D eigenvalue weighted by atomic mass is 19.3. The number of morpholine rings is 4. The number of anilines is 2. The van der Waals surface area contributed by atoms with Gasteiger partial charge in [0, 0.05) is 23.5 Å². The van der Waals surface area contributed by atoms with Crippen molar-refractivity contribution in [1.82, 2.24) is 19.9 Å². The molecule has 10 nitrogen and oxygen atoms in total. The normalized spacial score (nSPS) is 29.4. The number of pyridine rings is 1. The summed E-state index contributed by atoms with van der Waals surface area (Å²) in [5.74, 6) is 1.05. The summed E-state index contributed by atoms with van der Waals surface area (Å²) < 4.78 is 50.5. The van der Waals surface area contributed by atoms with Crippen LogP contribution in [0.4, 0.5) is 20.7 Å². The van der Waals surface area contributed by atoms with Crippen molar-refractivity contribution in [2.24, 2.45) is 0 Å². The smallest absolute Gasteiger partial charge is 0.264 e. The van der Waals surface area contributed by atoms with Gasteiger partial charge in [0.25, 0.3) is 6.43 Å². The molecule has 4 fully saturated rings. The quantitative estimate of drug-likeness (QED) is 0.657. The molecule has 0 aromatic carbocycles. The molecule has 176 valence electrons. The average molecular weight is 462 g/mol. The third kappa shape index (κ3) is 3.80. The molecule has 4 saturated heterocycles. The second-order valence-electron chi connectivity index (χ2n) is 8.60. The van der Waals surface area contributed by atoms with Gasteiger partial charge in [-0.3, -0.25) is 4.98 Å². The van der Waals surface area contributed by atoms with E-state index in [1.165, 1.54) is 18.5 Å². The molecule has 2 aromatic rings. The number of hydrogen-bond donors (Lipinski definition) is 0. The summed E-state index contributed by atoms with van der Waals surface area (Å²) in [7, 11) is 0. The summed E-state index contributed by atoms with van der Waals surface area (Å²) in [5.41, 5.74) is 0.0332. The molecule has 0 amide bonds. The molecule has 0 saturated carbocycles. The van der Waals surface area contributed by atoms with Gasteiger partial charge in [0.15, 0.2) is 5.82 Å². The first-order valence-corrected chi connectivity index (χ1v) is 11.0. The topological polar surface area (TPSA) is 95.0 Å². The molecule has 4 aliphatic rings. The maximum atomic E-state index is 13.8. The predicted octanol–water partition coefficient (Wildman–Crippen LogP) is 1.08. The number of rotatable bonds is 4. The highest BCUT2D eigenvalue weighted by molar-refractivity contribution is 5.62. The van der Waals surface area contributed by atoms with Crippen molar-refractivity contribution >= 4 is 11.9 Å². The van der Waals surface area contributed by atoms with Gasteiger partial charge in [-0.25, -0.2) is 8.78 Å². The lowest BCUT2D eigenvalue weighted by Crippen LogP contribution is -2.61. The van der Waals surface area contributed by atoms with E-state index in [0.717, 1.165) is 0 Å². The number of alkyl halides is 2. The summed E-state index contributed by atoms with van der Waals surface area (Å²) in [6.45, 7) is 3.88. The lowest BCUT2D eigenvalue weighted by molar-refractivity contribution is -0.0367. The first-order valence-electron chi connectivity index (χ1n) is 11.0. The Balaban J connectivity index is 1.49. The van der Waals surface area contributed by atoms with E-state index in [4.69, 9.17) is 23.9 Å². The maximum Gasteiger partial charge on any atom is 0.264 e. The molecule has 0 N–H and O–H groups in total. The molecule has 33 heavy (non-hydrogen) atoms. The minimum atomic E-state index is -2.68. The van der Waals surface area contributed by atoms with Crippen LogP contribution in [-0.4, -0.2) is 97.0 Å². The number of halogens is 2. The van der Waals surface area contributed by atoms with Crippen molar-refractivity contribution in [3.05, 3.63) is 24.0 Å². The molecule has 6 rings (SSSR count). The van der Waals surface area contributed by atoms with Gasteiger partial charge in [-0.05, 0) is 6.07 Å². The monoisotopic (exact) mass is 462 g/mol. The molecule has 0 atom stereocenters. The van der Waals surface area contributed by atoms with E-state index < -0.39 is 6.43 Å². The fraction of sp³-hybridized carbons (Fsp3) is 0.619. The van der Waals surface area contributed by atoms with E-state index in [-0.39, 0.29) is 41.1 Å². The lowest BCUT2D eigenvalue weighted by atomic mass is 10.1. The van der Waals surface area contributed by atoms with Crippen LogP contribution in [-0.2, 0) is 18.9 Å². The Bertz CT molecular complexity index is 922. The molecule has 4 bridgehead atoms. The molecular weight excluding hydrogens is 438 g/mol. The predicted molar refractivity (Wildman–Crippen MR) is 111 cm³/mol. The zero-order valence-corrected chi connectivity index (χ0v) is 17.8. The van der Waals surface area contributed by atoms with Crippen molar-refractivity contribution in [1.29, 1.82) is 0 Å². The summed E-state index contributed by atoms with van der Waals surface area (Å²) in [4.78, 5) is 22.4. The van der Waals surface area contributed by atoms with Gasteiger partial charge in [-0.1, -0.05) is 0 Å². The van der Waals surface area contributed by atoms with Crippen molar-refractivity contribution < 1.29 is 27.7 Å². The minimum Gasteiger partial charge on any atom is -0.377 e. The summed E-state index contributed by atoms with van der Waals surface area (Å²) in [6, 6.07) is 1.07. The molecular formula is C21H24F2N6O4. The average Bonchev–Trinajstić information content (AvgIpc) is 2.82. The van der Waals surface area contributed by atoms with Gasteiger partial charge in [0.1, 0.15) is 0 Å². The fourth-order valence-corrected chi connectivity index (χ4v) is 4.93. The van der Waals surface area contributed by atoms with Crippen molar-refractivity contribution in [3.63, 3.8) is 0 Å². The largest absolute Gasteiger partial charge is 0.377 e. The third-order valence-corrected chi connectivity index (χ3v) is 6.46. The highest BCUT2D eigenvalue weighted by Gasteiger charge is 2.41. The fourth-order valence-electron chi connectivity index (χ4n) is 4.93. The van der Waals surface area contributed by atoms with E-state index in [2.05, 4.69) is 24.8 Å². The number of aromatic nitrogens is 4. The van der Waals surface area contributed by atoms with Crippen LogP contribution in [0.3, 0.4) is 0 Å². The van der Waals surface area contributed by atoms with Crippen LogP contribution in [0.15, 0.2) is 18.5 Å². The van der Waals surface area contributed by atoms with Gasteiger partial charge in [-0.2, -0.15) is 15.0 Å². The lowest BCUT2D eigenvalue weighted by Gasteiger charge is -2.47. The number of hydrogen-bond acceptors (Lipinski definition) is 10. The van der Waals surface area contributed by atoms with Crippen LogP contribution < -0.4 is 9.80 Å². The number of ether oxygens (including phenoxy) is 4. The molecule has 0 aliphatic carbocycles. The molecule has 6 heterocycles. The Morgan fingerprint density at radius 3 is 1.61 bits per heavy atom. The summed E-state index contributed by atoms with van der Waals surface area (Å²) in [5, 5.41) is 0. The van der Waals surface area contributed by atoms with Gasteiger partial charge in [0.05, 0.1) is 77.0 Å². The second kappa shape index (κ2) is 8.67. The third-order valence-electron chi connectivity index (χ3n) is 6.46. The van der Waals surface area contributed by atoms with E-state index in [0.29, 0.717) is 64.8 Å². The first-order chi connectivity index (χ1) is 16.2. The number of fused-ring (bicyclic) bond motifs is 4. The van der Waals surface area contributed by atoms with E-state index in [9.17, 15) is 8.78 Å². The Morgan fingerprint density at radius 1 is 0.727 bits per heavy atom. The molecule has 0 spiro atoms. The highest BCUT2D eigenvalue weighted by Crippen LogP contribution is 2.34. The first kappa shape index (κ1) is 21.0. The van der Waals surface area contributed by atoms with E-state index in [1.807, 2.05) is 0 Å². The van der Waals surface area contributed by atoms with Gasteiger partial charge >= 0.3 is 0 Å². The molecule has 12 heteroatoms. The summed E-state index contributed by atoms with van der Waals surface area (Å²) >= 11 is 0. The van der Waals surface area contributed by atoms with Crippen molar-refractivity contribution in [3.8, 4) is 11.4 Å². The Hall–Kier alpha value is -2.54. The van der Waals surface area contributed by atoms with Crippen LogP contribution in [0.2, 0.25) is 0 Å². The molecule has 4 aliphatic heterocycles. The van der Waals surface area contributed by atoms with Crippen molar-refractivity contribution in [2.45, 2.75) is 30.6 Å². The van der Waals surface area contributed by atoms with Gasteiger partial charge in [-0.15, -0.1) is 0 Å². The van der Waals surface area contributed by atoms with E-state index >= 15 is 0 Å². The standard InChI is InChI=1S/C21H24F2N6O4/c22-18(23)16-1-2-24-3-17(16)19-25-20(28-12-4-30-6-13(28)7-31-5-12)27-21(26-19)29-14-8-32-10-15(29)11-33-9-14/h1-3,12-15,18H,4-11H2. The Kier molecular flexibility index (Phi) is 5.52. The van der Waals surface area contributed by atoms with Crippen molar-refractivity contribution in [2.75, 3.05) is 62.7 Å². The van der Waals surface area contributed by atoms with Crippen LogP contribution in [0.25, 0.3) is 11.4 Å². The minimum absolute atomic E-state index is 0.0587.